The Kier molecular flexibility index (Phi) is 6.53. The van der Waals surface area contributed by atoms with Gasteiger partial charge in [0.25, 0.3) is 0 Å². The van der Waals surface area contributed by atoms with E-state index in [-0.39, 0.29) is 6.29 Å². The number of hydrogen-bond donors (Lipinski definition) is 0. The van der Waals surface area contributed by atoms with Crippen molar-refractivity contribution in [2.45, 2.75) is 40.4 Å². The molecular formula is C17H25BrO4. The molecule has 0 aliphatic carbocycles. The Morgan fingerprint density at radius 3 is 2.36 bits per heavy atom. The maximum atomic E-state index is 5.77. The summed E-state index contributed by atoms with van der Waals surface area (Å²) in [5, 5.41) is 0. The molecule has 1 heterocycles. The van der Waals surface area contributed by atoms with Crippen LogP contribution in [0.25, 0.3) is 0 Å². The summed E-state index contributed by atoms with van der Waals surface area (Å²) < 4.78 is 23.2. The minimum Gasteiger partial charge on any atom is -0.454 e. The first kappa shape index (κ1) is 17.6. The van der Waals surface area contributed by atoms with Crippen LogP contribution in [0.4, 0.5) is 0 Å². The van der Waals surface area contributed by atoms with Gasteiger partial charge in [-0.2, -0.15) is 0 Å². The van der Waals surface area contributed by atoms with E-state index in [4.69, 9.17) is 18.9 Å². The lowest BCUT2D eigenvalue weighted by Crippen LogP contribution is -2.20. The van der Waals surface area contributed by atoms with Crippen LogP contribution in [0.3, 0.4) is 0 Å². The van der Waals surface area contributed by atoms with Crippen molar-refractivity contribution >= 4 is 15.9 Å². The summed E-state index contributed by atoms with van der Waals surface area (Å²) in [5.74, 6) is 2.53. The number of fused-ring (bicyclic) bond motifs is 1. The van der Waals surface area contributed by atoms with Gasteiger partial charge in [0.15, 0.2) is 17.8 Å². The minimum atomic E-state index is -0.162. The van der Waals surface area contributed by atoms with Gasteiger partial charge >= 0.3 is 0 Å². The quantitative estimate of drug-likeness (QED) is 0.634. The van der Waals surface area contributed by atoms with Gasteiger partial charge in [-0.1, -0.05) is 36.7 Å². The van der Waals surface area contributed by atoms with Gasteiger partial charge < -0.3 is 18.9 Å². The molecule has 124 valence electrons. The molecule has 0 saturated heterocycles. The third-order valence-corrected chi connectivity index (χ3v) is 4.13. The smallest absolute Gasteiger partial charge is 0.231 e. The Morgan fingerprint density at radius 2 is 1.68 bits per heavy atom. The zero-order valence-corrected chi connectivity index (χ0v) is 15.3. The molecule has 4 nitrogen and oxygen atoms in total. The van der Waals surface area contributed by atoms with Gasteiger partial charge in [-0.05, 0) is 42.9 Å². The summed E-state index contributed by atoms with van der Waals surface area (Å²) in [5.41, 5.74) is 1.20. The molecule has 5 heteroatoms. The summed E-state index contributed by atoms with van der Waals surface area (Å²) in [6, 6.07) is 4.02. The van der Waals surface area contributed by atoms with Crippen LogP contribution in [0.2, 0.25) is 0 Å². The van der Waals surface area contributed by atoms with Crippen LogP contribution in [0, 0.1) is 11.8 Å². The normalized spacial score (nSPS) is 16.1. The molecule has 1 aromatic rings. The molecule has 0 saturated carbocycles. The molecule has 0 bridgehead atoms. The zero-order valence-electron chi connectivity index (χ0n) is 13.7. The lowest BCUT2D eigenvalue weighted by Gasteiger charge is -2.19. The topological polar surface area (TPSA) is 36.9 Å². The highest BCUT2D eigenvalue weighted by molar-refractivity contribution is 9.10. The Morgan fingerprint density at radius 1 is 1.05 bits per heavy atom. The van der Waals surface area contributed by atoms with Crippen LogP contribution in [0.5, 0.6) is 11.5 Å². The van der Waals surface area contributed by atoms with Gasteiger partial charge in [0.1, 0.15) is 0 Å². The molecule has 1 aliphatic rings. The third kappa shape index (κ3) is 5.14. The van der Waals surface area contributed by atoms with Gasteiger partial charge in [0.2, 0.25) is 6.79 Å². The average molecular weight is 373 g/mol. The van der Waals surface area contributed by atoms with E-state index in [0.29, 0.717) is 25.2 Å². The molecular weight excluding hydrogens is 348 g/mol. The highest BCUT2D eigenvalue weighted by Gasteiger charge is 2.18. The van der Waals surface area contributed by atoms with Crippen LogP contribution >= 0.6 is 15.9 Å². The first-order valence-electron chi connectivity index (χ1n) is 7.77. The summed E-state index contributed by atoms with van der Waals surface area (Å²) in [6.45, 7) is 10.1. The lowest BCUT2D eigenvalue weighted by molar-refractivity contribution is -0.143. The molecule has 0 amide bonds. The van der Waals surface area contributed by atoms with Gasteiger partial charge in [-0.15, -0.1) is 0 Å². The van der Waals surface area contributed by atoms with Gasteiger partial charge in [0.05, 0.1) is 13.2 Å². The third-order valence-electron chi connectivity index (χ3n) is 3.39. The summed E-state index contributed by atoms with van der Waals surface area (Å²) >= 11 is 3.60. The molecule has 2 rings (SSSR count). The first-order valence-corrected chi connectivity index (χ1v) is 8.56. The van der Waals surface area contributed by atoms with E-state index in [2.05, 4.69) is 36.7 Å². The van der Waals surface area contributed by atoms with E-state index in [1.807, 2.05) is 19.1 Å². The van der Waals surface area contributed by atoms with Crippen LogP contribution in [-0.2, 0) is 15.9 Å². The first-order chi connectivity index (χ1) is 10.5. The minimum absolute atomic E-state index is 0.162. The molecule has 1 aliphatic heterocycles. The molecule has 2 atom stereocenters. The monoisotopic (exact) mass is 372 g/mol. The fourth-order valence-electron chi connectivity index (χ4n) is 2.23. The molecule has 0 N–H and O–H groups in total. The fraction of sp³-hybridized carbons (Fsp3) is 0.647. The van der Waals surface area contributed by atoms with Gasteiger partial charge in [-0.3, -0.25) is 0 Å². The Hall–Kier alpha value is -0.780. The lowest BCUT2D eigenvalue weighted by atomic mass is 10.0. The second-order valence-electron chi connectivity index (χ2n) is 6.23. The highest BCUT2D eigenvalue weighted by Crippen LogP contribution is 2.37. The number of halogens is 1. The van der Waals surface area contributed by atoms with Gasteiger partial charge in [0, 0.05) is 4.47 Å². The second kappa shape index (κ2) is 8.18. The zero-order chi connectivity index (χ0) is 16.1. The largest absolute Gasteiger partial charge is 0.454 e. The van der Waals surface area contributed by atoms with Crippen molar-refractivity contribution in [1.82, 2.24) is 0 Å². The van der Waals surface area contributed by atoms with Crippen molar-refractivity contribution in [1.29, 1.82) is 0 Å². The van der Waals surface area contributed by atoms with Crippen molar-refractivity contribution in [3.8, 4) is 11.5 Å². The Bertz CT molecular complexity index is 490. The molecule has 0 aromatic heterocycles. The molecule has 0 radical (unpaired) electrons. The van der Waals surface area contributed by atoms with Crippen LogP contribution in [0.1, 0.15) is 33.3 Å². The van der Waals surface area contributed by atoms with Crippen molar-refractivity contribution in [3.63, 3.8) is 0 Å². The maximum absolute atomic E-state index is 5.77. The predicted octanol–water partition coefficient (Wildman–Crippen LogP) is 4.39. The highest BCUT2D eigenvalue weighted by atomic mass is 79.9. The van der Waals surface area contributed by atoms with Crippen LogP contribution in [-0.4, -0.2) is 26.3 Å². The van der Waals surface area contributed by atoms with Gasteiger partial charge in [-0.25, -0.2) is 0 Å². The van der Waals surface area contributed by atoms with Crippen molar-refractivity contribution in [2.75, 3.05) is 20.0 Å². The van der Waals surface area contributed by atoms with Crippen molar-refractivity contribution in [3.05, 3.63) is 22.2 Å². The summed E-state index contributed by atoms with van der Waals surface area (Å²) in [4.78, 5) is 0. The molecule has 0 fully saturated rings. The number of ether oxygens (including phenoxy) is 4. The molecule has 1 aromatic carbocycles. The Labute approximate surface area is 141 Å². The summed E-state index contributed by atoms with van der Waals surface area (Å²) in [7, 11) is 0. The van der Waals surface area contributed by atoms with E-state index < -0.39 is 0 Å². The second-order valence-corrected chi connectivity index (χ2v) is 7.09. The SMILES string of the molecule is CC(C)CO[C@H](C)OC[C@@H](C)Cc1cc2c(cc1Br)OCO2. The molecule has 0 spiro atoms. The van der Waals surface area contributed by atoms with Crippen molar-refractivity contribution in [2.24, 2.45) is 11.8 Å². The van der Waals surface area contributed by atoms with Crippen LogP contribution < -0.4 is 9.47 Å². The molecule has 0 unspecified atom stereocenters. The summed E-state index contributed by atoms with van der Waals surface area (Å²) in [6.07, 6.45) is 0.749. The van der Waals surface area contributed by atoms with Crippen molar-refractivity contribution < 1.29 is 18.9 Å². The van der Waals surface area contributed by atoms with E-state index >= 15 is 0 Å². The average Bonchev–Trinajstić information content (AvgIpc) is 2.90. The standard InChI is InChI=1S/C17H25BrO4/c1-11(2)8-19-13(4)20-9-12(3)5-14-6-16-17(7-15(14)18)22-10-21-16/h6-7,11-13H,5,8-10H2,1-4H3/t12-,13-/m0/s1. The van der Waals surface area contributed by atoms with E-state index in [1.54, 1.807) is 0 Å². The number of rotatable bonds is 8. The number of benzene rings is 1. The van der Waals surface area contributed by atoms with Crippen LogP contribution in [0.15, 0.2) is 16.6 Å². The number of hydrogen-bond acceptors (Lipinski definition) is 4. The Balaban J connectivity index is 1.81. The van der Waals surface area contributed by atoms with E-state index in [1.165, 1.54) is 5.56 Å². The van der Waals surface area contributed by atoms with E-state index in [9.17, 15) is 0 Å². The van der Waals surface area contributed by atoms with E-state index in [0.717, 1.165) is 29.0 Å². The maximum Gasteiger partial charge on any atom is 0.231 e. The predicted molar refractivity (Wildman–Crippen MR) is 89.3 cm³/mol. The molecule has 22 heavy (non-hydrogen) atoms. The fourth-order valence-corrected chi connectivity index (χ4v) is 2.71.